The highest BCUT2D eigenvalue weighted by Gasteiger charge is 2.07. The fourth-order valence-electron chi connectivity index (χ4n) is 1.19. The van der Waals surface area contributed by atoms with E-state index in [1.807, 2.05) is 30.1 Å². The first-order chi connectivity index (χ1) is 6.72. The summed E-state index contributed by atoms with van der Waals surface area (Å²) in [7, 11) is 5.17. The van der Waals surface area contributed by atoms with E-state index >= 15 is 0 Å². The molecule has 0 aliphatic carbocycles. The third-order valence-electron chi connectivity index (χ3n) is 2.07. The molecule has 78 valence electrons. The maximum atomic E-state index is 5.55. The van der Waals surface area contributed by atoms with Gasteiger partial charge in [-0.25, -0.2) is 0 Å². The summed E-state index contributed by atoms with van der Waals surface area (Å²) < 4.78 is 10.3. The summed E-state index contributed by atoms with van der Waals surface area (Å²) in [6.45, 7) is 0.434. The second-order valence-electron chi connectivity index (χ2n) is 2.92. The van der Waals surface area contributed by atoms with Gasteiger partial charge in [-0.3, -0.25) is 0 Å². The van der Waals surface area contributed by atoms with Crippen LogP contribution in [0.25, 0.3) is 0 Å². The second kappa shape index (κ2) is 4.72. The quantitative estimate of drug-likeness (QED) is 0.731. The Kier molecular flexibility index (Phi) is 3.59. The molecule has 0 unspecified atom stereocenters. The molecule has 0 aliphatic heterocycles. The van der Waals surface area contributed by atoms with Crippen molar-refractivity contribution in [3.8, 4) is 11.5 Å². The summed E-state index contributed by atoms with van der Waals surface area (Å²) in [4.78, 5) is 1.89. The van der Waals surface area contributed by atoms with Crippen molar-refractivity contribution in [1.29, 1.82) is 0 Å². The standard InChI is InChI=1S/C10H16N2O2/c1-12(7-11)9-6-8(13-2)4-5-10(9)14-3/h4-6H,7,11H2,1-3H3. The molecular weight excluding hydrogens is 180 g/mol. The normalized spacial score (nSPS) is 9.71. The largest absolute Gasteiger partial charge is 0.497 e. The molecule has 14 heavy (non-hydrogen) atoms. The Morgan fingerprint density at radius 1 is 1.29 bits per heavy atom. The molecule has 0 amide bonds. The van der Waals surface area contributed by atoms with Crippen LogP contribution in [0.2, 0.25) is 0 Å². The first-order valence-corrected chi connectivity index (χ1v) is 4.36. The van der Waals surface area contributed by atoms with Crippen molar-refractivity contribution in [2.75, 3.05) is 32.8 Å². The van der Waals surface area contributed by atoms with E-state index in [0.717, 1.165) is 17.2 Å². The molecule has 1 aromatic rings. The zero-order valence-electron chi connectivity index (χ0n) is 8.78. The van der Waals surface area contributed by atoms with Crippen molar-refractivity contribution in [2.45, 2.75) is 0 Å². The van der Waals surface area contributed by atoms with E-state index in [9.17, 15) is 0 Å². The SMILES string of the molecule is COc1ccc(OC)c(N(C)CN)c1. The summed E-state index contributed by atoms with van der Waals surface area (Å²) in [5, 5.41) is 0. The van der Waals surface area contributed by atoms with Crippen molar-refractivity contribution < 1.29 is 9.47 Å². The molecule has 4 heteroatoms. The molecule has 2 N–H and O–H groups in total. The first-order valence-electron chi connectivity index (χ1n) is 4.36. The lowest BCUT2D eigenvalue weighted by atomic mass is 10.2. The van der Waals surface area contributed by atoms with Gasteiger partial charge in [0, 0.05) is 13.1 Å². The van der Waals surface area contributed by atoms with Crippen LogP contribution in [0.3, 0.4) is 0 Å². The van der Waals surface area contributed by atoms with Gasteiger partial charge in [0.15, 0.2) is 0 Å². The van der Waals surface area contributed by atoms with E-state index in [4.69, 9.17) is 15.2 Å². The lowest BCUT2D eigenvalue weighted by molar-refractivity contribution is 0.403. The molecule has 0 heterocycles. The molecule has 0 atom stereocenters. The highest BCUT2D eigenvalue weighted by atomic mass is 16.5. The average molecular weight is 196 g/mol. The Morgan fingerprint density at radius 2 is 2.00 bits per heavy atom. The number of nitrogens with two attached hydrogens (primary N) is 1. The molecule has 0 aromatic heterocycles. The second-order valence-corrected chi connectivity index (χ2v) is 2.92. The van der Waals surface area contributed by atoms with E-state index < -0.39 is 0 Å². The first kappa shape index (κ1) is 10.7. The topological polar surface area (TPSA) is 47.7 Å². The molecule has 0 spiro atoms. The molecule has 1 rings (SSSR count). The van der Waals surface area contributed by atoms with Crippen molar-refractivity contribution >= 4 is 5.69 Å². The fraction of sp³-hybridized carbons (Fsp3) is 0.400. The van der Waals surface area contributed by atoms with Crippen LogP contribution in [0, 0.1) is 0 Å². The van der Waals surface area contributed by atoms with Gasteiger partial charge in [0.1, 0.15) is 11.5 Å². The monoisotopic (exact) mass is 196 g/mol. The van der Waals surface area contributed by atoms with Crippen LogP contribution >= 0.6 is 0 Å². The molecule has 0 saturated carbocycles. The minimum Gasteiger partial charge on any atom is -0.497 e. The van der Waals surface area contributed by atoms with Gasteiger partial charge in [0.2, 0.25) is 0 Å². The molecule has 0 fully saturated rings. The maximum Gasteiger partial charge on any atom is 0.142 e. The number of methoxy groups -OCH3 is 2. The summed E-state index contributed by atoms with van der Waals surface area (Å²) in [6.07, 6.45) is 0. The lowest BCUT2D eigenvalue weighted by Gasteiger charge is -2.20. The lowest BCUT2D eigenvalue weighted by Crippen LogP contribution is -2.25. The fourth-order valence-corrected chi connectivity index (χ4v) is 1.19. The summed E-state index contributed by atoms with van der Waals surface area (Å²) in [5.41, 5.74) is 6.47. The van der Waals surface area contributed by atoms with Crippen LogP contribution in [-0.2, 0) is 0 Å². The highest BCUT2D eigenvalue weighted by molar-refractivity contribution is 5.61. The number of nitrogens with zero attached hydrogens (tertiary/aromatic N) is 1. The van der Waals surface area contributed by atoms with Crippen LogP contribution in [0.5, 0.6) is 11.5 Å². The van der Waals surface area contributed by atoms with Crippen LogP contribution < -0.4 is 20.1 Å². The highest BCUT2D eigenvalue weighted by Crippen LogP contribution is 2.30. The van der Waals surface area contributed by atoms with Gasteiger partial charge in [-0.15, -0.1) is 0 Å². The molecule has 1 aromatic carbocycles. The van der Waals surface area contributed by atoms with Gasteiger partial charge in [-0.2, -0.15) is 0 Å². The Labute approximate surface area is 84.2 Å². The summed E-state index contributed by atoms with van der Waals surface area (Å²) >= 11 is 0. The van der Waals surface area contributed by atoms with Crippen molar-refractivity contribution in [2.24, 2.45) is 5.73 Å². The molecule has 0 aliphatic rings. The van der Waals surface area contributed by atoms with E-state index in [1.54, 1.807) is 14.2 Å². The average Bonchev–Trinajstić information content (AvgIpc) is 2.27. The Bertz CT molecular complexity index is 302. The smallest absolute Gasteiger partial charge is 0.142 e. The van der Waals surface area contributed by atoms with E-state index in [0.29, 0.717) is 6.67 Å². The van der Waals surface area contributed by atoms with Gasteiger partial charge in [0.05, 0.1) is 26.6 Å². The Hall–Kier alpha value is -1.42. The van der Waals surface area contributed by atoms with Crippen molar-refractivity contribution in [3.05, 3.63) is 18.2 Å². The van der Waals surface area contributed by atoms with E-state index in [-0.39, 0.29) is 0 Å². The Morgan fingerprint density at radius 3 is 2.50 bits per heavy atom. The molecular formula is C10H16N2O2. The number of hydrogen-bond acceptors (Lipinski definition) is 4. The molecule has 0 saturated heterocycles. The van der Waals surface area contributed by atoms with Gasteiger partial charge < -0.3 is 20.1 Å². The van der Waals surface area contributed by atoms with Crippen LogP contribution in [0.15, 0.2) is 18.2 Å². The number of hydrogen-bond donors (Lipinski definition) is 1. The molecule has 4 nitrogen and oxygen atoms in total. The van der Waals surface area contributed by atoms with Crippen molar-refractivity contribution in [1.82, 2.24) is 0 Å². The van der Waals surface area contributed by atoms with Gasteiger partial charge in [-0.05, 0) is 12.1 Å². The Balaban J connectivity index is 3.08. The zero-order chi connectivity index (χ0) is 10.6. The summed E-state index contributed by atoms with van der Waals surface area (Å²) in [5.74, 6) is 1.58. The number of ether oxygens (including phenoxy) is 2. The minimum absolute atomic E-state index is 0.434. The number of benzene rings is 1. The maximum absolute atomic E-state index is 5.55. The van der Waals surface area contributed by atoms with Crippen LogP contribution in [0.1, 0.15) is 0 Å². The summed E-state index contributed by atoms with van der Waals surface area (Å²) in [6, 6.07) is 5.61. The van der Waals surface area contributed by atoms with Crippen LogP contribution in [0.4, 0.5) is 5.69 Å². The van der Waals surface area contributed by atoms with Gasteiger partial charge in [0.25, 0.3) is 0 Å². The van der Waals surface area contributed by atoms with E-state index in [1.165, 1.54) is 0 Å². The third kappa shape index (κ3) is 2.09. The number of anilines is 1. The van der Waals surface area contributed by atoms with Crippen molar-refractivity contribution in [3.63, 3.8) is 0 Å². The van der Waals surface area contributed by atoms with Crippen LogP contribution in [-0.4, -0.2) is 27.9 Å². The van der Waals surface area contributed by atoms with Gasteiger partial charge in [-0.1, -0.05) is 0 Å². The third-order valence-corrected chi connectivity index (χ3v) is 2.07. The minimum atomic E-state index is 0.434. The predicted octanol–water partition coefficient (Wildman–Crippen LogP) is 1.06. The van der Waals surface area contributed by atoms with E-state index in [2.05, 4.69) is 0 Å². The zero-order valence-corrected chi connectivity index (χ0v) is 8.78. The molecule has 0 radical (unpaired) electrons. The predicted molar refractivity (Wildman–Crippen MR) is 57.0 cm³/mol. The number of rotatable bonds is 4. The molecule has 0 bridgehead atoms. The van der Waals surface area contributed by atoms with Gasteiger partial charge >= 0.3 is 0 Å².